The molecule has 0 radical (unpaired) electrons. The molecule has 19 heavy (non-hydrogen) atoms. The molecule has 0 unspecified atom stereocenters. The first-order valence-electron chi connectivity index (χ1n) is 6.54. The molecule has 2 heterocycles. The lowest BCUT2D eigenvalue weighted by atomic mass is 9.97. The molecule has 3 rings (SSSR count). The van der Waals surface area contributed by atoms with Crippen LogP contribution in [0.3, 0.4) is 0 Å². The Bertz CT molecular complexity index is 597. The number of anilines is 1. The Kier molecular flexibility index (Phi) is 3.91. The number of thioether (sulfide) groups is 1. The molecule has 2 aromatic rings. The van der Waals surface area contributed by atoms with Gasteiger partial charge in [-0.15, -0.1) is 11.3 Å². The number of fused-ring (bicyclic) bond motifs is 3. The number of aliphatic hydroxyl groups excluding tert-OH is 1. The molecule has 0 amide bonds. The maximum atomic E-state index is 9.01. The van der Waals surface area contributed by atoms with Gasteiger partial charge >= 0.3 is 0 Å². The SMILES string of the molecule is CSc1nc(NCCO)c2c3c(sc2n1)CCCC3. The topological polar surface area (TPSA) is 58.0 Å². The first-order chi connectivity index (χ1) is 9.33. The van der Waals surface area contributed by atoms with Crippen LogP contribution in [-0.2, 0) is 12.8 Å². The van der Waals surface area contributed by atoms with Gasteiger partial charge in [-0.3, -0.25) is 0 Å². The van der Waals surface area contributed by atoms with Gasteiger partial charge in [-0.25, -0.2) is 9.97 Å². The highest BCUT2D eigenvalue weighted by molar-refractivity contribution is 7.98. The zero-order valence-electron chi connectivity index (χ0n) is 10.9. The summed E-state index contributed by atoms with van der Waals surface area (Å²) in [5.41, 5.74) is 1.43. The first-order valence-corrected chi connectivity index (χ1v) is 8.58. The number of hydrogen-bond acceptors (Lipinski definition) is 6. The largest absolute Gasteiger partial charge is 0.395 e. The van der Waals surface area contributed by atoms with E-state index in [1.54, 1.807) is 11.8 Å². The lowest BCUT2D eigenvalue weighted by Crippen LogP contribution is -2.09. The van der Waals surface area contributed by atoms with Gasteiger partial charge in [0.2, 0.25) is 0 Å². The number of aromatic nitrogens is 2. The van der Waals surface area contributed by atoms with Gasteiger partial charge in [0, 0.05) is 11.4 Å². The molecule has 2 aromatic heterocycles. The standard InChI is InChI=1S/C13H17N3OS2/c1-18-13-15-11(14-6-7-17)10-8-4-2-3-5-9(8)19-12(10)16-13/h17H,2-7H2,1H3,(H,14,15,16). The van der Waals surface area contributed by atoms with Gasteiger partial charge in [0.05, 0.1) is 12.0 Å². The summed E-state index contributed by atoms with van der Waals surface area (Å²) in [6, 6.07) is 0. The molecule has 4 nitrogen and oxygen atoms in total. The number of hydrogen-bond donors (Lipinski definition) is 2. The molecule has 0 atom stereocenters. The average molecular weight is 295 g/mol. The summed E-state index contributed by atoms with van der Waals surface area (Å²) in [5.74, 6) is 0.891. The monoisotopic (exact) mass is 295 g/mol. The molecular formula is C13H17N3OS2. The van der Waals surface area contributed by atoms with E-state index in [1.165, 1.54) is 35.1 Å². The van der Waals surface area contributed by atoms with E-state index in [9.17, 15) is 0 Å². The van der Waals surface area contributed by atoms with Crippen molar-refractivity contribution in [2.24, 2.45) is 0 Å². The van der Waals surface area contributed by atoms with Crippen molar-refractivity contribution in [2.75, 3.05) is 24.7 Å². The van der Waals surface area contributed by atoms with Gasteiger partial charge in [-0.1, -0.05) is 11.8 Å². The van der Waals surface area contributed by atoms with Crippen LogP contribution in [0.1, 0.15) is 23.3 Å². The third kappa shape index (κ3) is 2.44. The van der Waals surface area contributed by atoms with Crippen LogP contribution >= 0.6 is 23.1 Å². The lowest BCUT2D eigenvalue weighted by molar-refractivity contribution is 0.311. The van der Waals surface area contributed by atoms with Crippen molar-refractivity contribution in [3.05, 3.63) is 10.4 Å². The van der Waals surface area contributed by atoms with E-state index in [0.29, 0.717) is 6.54 Å². The highest BCUT2D eigenvalue weighted by atomic mass is 32.2. The smallest absolute Gasteiger partial charge is 0.190 e. The second-order valence-corrected chi connectivity index (χ2v) is 6.46. The van der Waals surface area contributed by atoms with Crippen LogP contribution in [0.15, 0.2) is 5.16 Å². The van der Waals surface area contributed by atoms with Gasteiger partial charge < -0.3 is 10.4 Å². The predicted molar refractivity (Wildman–Crippen MR) is 81.4 cm³/mol. The summed E-state index contributed by atoms with van der Waals surface area (Å²) >= 11 is 3.37. The Morgan fingerprint density at radius 3 is 2.95 bits per heavy atom. The van der Waals surface area contributed by atoms with E-state index in [-0.39, 0.29) is 6.61 Å². The molecule has 1 aliphatic carbocycles. The molecule has 0 spiro atoms. The predicted octanol–water partition coefficient (Wildman–Crippen LogP) is 2.70. The number of thiophene rings is 1. The quantitative estimate of drug-likeness (QED) is 0.671. The fourth-order valence-electron chi connectivity index (χ4n) is 2.53. The summed E-state index contributed by atoms with van der Waals surface area (Å²) in [5, 5.41) is 14.2. The van der Waals surface area contributed by atoms with Gasteiger partial charge in [0.1, 0.15) is 10.6 Å². The Morgan fingerprint density at radius 1 is 1.32 bits per heavy atom. The molecule has 0 fully saturated rings. The molecule has 6 heteroatoms. The fourth-order valence-corrected chi connectivity index (χ4v) is 4.22. The molecule has 2 N–H and O–H groups in total. The molecule has 0 aliphatic heterocycles. The molecule has 0 aromatic carbocycles. The molecule has 0 bridgehead atoms. The normalized spacial score (nSPS) is 14.6. The van der Waals surface area contributed by atoms with Crippen LogP contribution in [0.2, 0.25) is 0 Å². The van der Waals surface area contributed by atoms with Crippen LogP contribution < -0.4 is 5.32 Å². The second kappa shape index (κ2) is 5.64. The minimum Gasteiger partial charge on any atom is -0.395 e. The van der Waals surface area contributed by atoms with Crippen molar-refractivity contribution >= 4 is 39.1 Å². The summed E-state index contributed by atoms with van der Waals surface area (Å²) in [6.45, 7) is 0.650. The zero-order valence-corrected chi connectivity index (χ0v) is 12.5. The van der Waals surface area contributed by atoms with Crippen molar-refractivity contribution in [3.63, 3.8) is 0 Å². The highest BCUT2D eigenvalue weighted by Crippen LogP contribution is 2.39. The zero-order chi connectivity index (χ0) is 13.2. The lowest BCUT2D eigenvalue weighted by Gasteiger charge is -2.12. The van der Waals surface area contributed by atoms with Gasteiger partial charge in [-0.2, -0.15) is 0 Å². The van der Waals surface area contributed by atoms with E-state index in [0.717, 1.165) is 22.2 Å². The van der Waals surface area contributed by atoms with Crippen LogP contribution in [0.4, 0.5) is 5.82 Å². The van der Waals surface area contributed by atoms with Gasteiger partial charge in [-0.05, 0) is 37.5 Å². The molecule has 0 saturated heterocycles. The van der Waals surface area contributed by atoms with E-state index < -0.39 is 0 Å². The van der Waals surface area contributed by atoms with Crippen LogP contribution in [0.5, 0.6) is 0 Å². The third-order valence-electron chi connectivity index (χ3n) is 3.38. The maximum Gasteiger partial charge on any atom is 0.190 e. The number of aryl methyl sites for hydroxylation is 2. The summed E-state index contributed by atoms with van der Waals surface area (Å²) in [4.78, 5) is 11.8. The van der Waals surface area contributed by atoms with Crippen molar-refractivity contribution < 1.29 is 5.11 Å². The van der Waals surface area contributed by atoms with Crippen LogP contribution in [0, 0.1) is 0 Å². The Hall–Kier alpha value is -0.850. The first kappa shape index (κ1) is 13.1. The Morgan fingerprint density at radius 2 is 2.16 bits per heavy atom. The fraction of sp³-hybridized carbons (Fsp3) is 0.538. The highest BCUT2D eigenvalue weighted by Gasteiger charge is 2.20. The number of nitrogens with zero attached hydrogens (tertiary/aromatic N) is 2. The van der Waals surface area contributed by atoms with Crippen molar-refractivity contribution in [2.45, 2.75) is 30.8 Å². The van der Waals surface area contributed by atoms with E-state index in [4.69, 9.17) is 5.11 Å². The average Bonchev–Trinajstić information content (AvgIpc) is 2.82. The minimum atomic E-state index is 0.117. The molecular weight excluding hydrogens is 278 g/mol. The Labute approximate surface area is 120 Å². The molecule has 1 aliphatic rings. The van der Waals surface area contributed by atoms with Crippen LogP contribution in [0.25, 0.3) is 10.2 Å². The van der Waals surface area contributed by atoms with Gasteiger partial charge in [0.15, 0.2) is 5.16 Å². The van der Waals surface area contributed by atoms with Crippen molar-refractivity contribution in [1.29, 1.82) is 0 Å². The van der Waals surface area contributed by atoms with Crippen molar-refractivity contribution in [1.82, 2.24) is 9.97 Å². The number of rotatable bonds is 4. The van der Waals surface area contributed by atoms with E-state index in [1.807, 2.05) is 17.6 Å². The van der Waals surface area contributed by atoms with E-state index >= 15 is 0 Å². The molecule has 0 saturated carbocycles. The minimum absolute atomic E-state index is 0.117. The Balaban J connectivity index is 2.16. The number of aliphatic hydroxyl groups is 1. The summed E-state index contributed by atoms with van der Waals surface area (Å²) in [7, 11) is 0. The second-order valence-electron chi connectivity index (χ2n) is 4.60. The third-order valence-corrected chi connectivity index (χ3v) is 5.11. The maximum absolute atomic E-state index is 9.01. The summed E-state index contributed by atoms with van der Waals surface area (Å²) in [6.07, 6.45) is 6.82. The molecule has 102 valence electrons. The van der Waals surface area contributed by atoms with Crippen molar-refractivity contribution in [3.8, 4) is 0 Å². The van der Waals surface area contributed by atoms with Crippen LogP contribution in [-0.4, -0.2) is 34.5 Å². The van der Waals surface area contributed by atoms with Gasteiger partial charge in [0.25, 0.3) is 0 Å². The summed E-state index contributed by atoms with van der Waals surface area (Å²) < 4.78 is 0. The number of nitrogens with one attached hydrogen (secondary N) is 1. The van der Waals surface area contributed by atoms with E-state index in [2.05, 4.69) is 15.3 Å².